The van der Waals surface area contributed by atoms with Gasteiger partial charge in [-0.15, -0.1) is 6.42 Å². The molecule has 0 aliphatic carbocycles. The summed E-state index contributed by atoms with van der Waals surface area (Å²) >= 11 is 0. The van der Waals surface area contributed by atoms with Crippen LogP contribution in [0.2, 0.25) is 0 Å². The minimum atomic E-state index is -2.83. The van der Waals surface area contributed by atoms with Gasteiger partial charge in [0.1, 0.15) is 0 Å². The molecule has 1 aromatic carbocycles. The number of aryl methyl sites for hydroxylation is 1. The average molecular weight is 585 g/mol. The summed E-state index contributed by atoms with van der Waals surface area (Å²) in [6.45, 7) is 10.2. The zero-order valence-electron chi connectivity index (χ0n) is 24.7. The van der Waals surface area contributed by atoms with E-state index in [9.17, 15) is 8.78 Å². The zero-order valence-corrected chi connectivity index (χ0v) is 24.7. The van der Waals surface area contributed by atoms with E-state index in [1.165, 1.54) is 4.57 Å². The van der Waals surface area contributed by atoms with Gasteiger partial charge in [0.05, 0.1) is 24.2 Å². The zero-order chi connectivity index (χ0) is 30.6. The largest absolute Gasteiger partial charge is 0.378 e. The molecule has 43 heavy (non-hydrogen) atoms. The number of allylic oxidation sites excluding steroid dienone is 3. The third-order valence-electron chi connectivity index (χ3n) is 7.16. The van der Waals surface area contributed by atoms with E-state index < -0.39 is 17.8 Å². The number of fused-ring (bicyclic) bond motifs is 1. The van der Waals surface area contributed by atoms with Crippen LogP contribution in [0.25, 0.3) is 22.6 Å². The van der Waals surface area contributed by atoms with E-state index in [1.807, 2.05) is 43.9 Å². The summed E-state index contributed by atoms with van der Waals surface area (Å²) in [6, 6.07) is 10.9. The smallest absolute Gasteiger partial charge is 0.296 e. The van der Waals surface area contributed by atoms with Crippen molar-refractivity contribution in [3.63, 3.8) is 0 Å². The first-order valence-corrected chi connectivity index (χ1v) is 14.0. The van der Waals surface area contributed by atoms with Crippen LogP contribution in [0.15, 0.2) is 60.3 Å². The quantitative estimate of drug-likeness (QED) is 0.191. The molecule has 0 saturated carbocycles. The number of hydrogen-bond acceptors (Lipinski definition) is 8. The van der Waals surface area contributed by atoms with Crippen molar-refractivity contribution >= 4 is 28.5 Å². The van der Waals surface area contributed by atoms with Crippen LogP contribution in [-0.4, -0.2) is 61.3 Å². The fourth-order valence-electron chi connectivity index (χ4n) is 5.07. The predicted octanol–water partition coefficient (Wildman–Crippen LogP) is 5.93. The standard InChI is InChI=1S/C32H34F2N8O/c1-6-7-10-24(22(3)23-13-14-35-21(2)19-23)20-32(4,5)40-29-37-30(41-15-17-43-18-16-41)39-31(38-29)42-26-12-9-8-11-25(26)36-28(42)27(33)34/h1,7-14,19,27H,15-18,20H2,2-5H3,(H,37,38,39,40)/b10-7-,24-22-. The number of benzene rings is 1. The number of alkyl halides is 2. The van der Waals surface area contributed by atoms with Gasteiger partial charge in [0, 0.05) is 30.5 Å². The Kier molecular flexibility index (Phi) is 8.78. The van der Waals surface area contributed by atoms with Crippen LogP contribution in [0.3, 0.4) is 0 Å². The van der Waals surface area contributed by atoms with Gasteiger partial charge in [-0.3, -0.25) is 9.55 Å². The number of pyridine rings is 1. The molecule has 3 aromatic heterocycles. The van der Waals surface area contributed by atoms with E-state index in [2.05, 4.69) is 38.1 Å². The van der Waals surface area contributed by atoms with Gasteiger partial charge >= 0.3 is 0 Å². The molecule has 0 amide bonds. The van der Waals surface area contributed by atoms with Gasteiger partial charge < -0.3 is 15.0 Å². The second-order valence-electron chi connectivity index (χ2n) is 11.0. The number of aromatic nitrogens is 6. The van der Waals surface area contributed by atoms with Gasteiger partial charge in [0.2, 0.25) is 17.8 Å². The lowest BCUT2D eigenvalue weighted by Crippen LogP contribution is -2.38. The molecule has 1 fully saturated rings. The molecule has 9 nitrogen and oxygen atoms in total. The molecule has 0 spiro atoms. The van der Waals surface area contributed by atoms with Gasteiger partial charge in [-0.1, -0.05) is 24.1 Å². The number of imidazole rings is 1. The molecule has 4 heterocycles. The maximum atomic E-state index is 14.2. The maximum Gasteiger partial charge on any atom is 0.296 e. The molecule has 11 heteroatoms. The average Bonchev–Trinajstić information content (AvgIpc) is 3.39. The van der Waals surface area contributed by atoms with E-state index >= 15 is 0 Å². The number of nitrogens with zero attached hydrogens (tertiary/aromatic N) is 7. The van der Waals surface area contributed by atoms with Crippen LogP contribution in [0.5, 0.6) is 0 Å². The lowest BCUT2D eigenvalue weighted by atomic mass is 9.89. The number of rotatable bonds is 9. The third-order valence-corrected chi connectivity index (χ3v) is 7.16. The topological polar surface area (TPSA) is 93.9 Å². The summed E-state index contributed by atoms with van der Waals surface area (Å²) < 4.78 is 35.3. The number of halogens is 2. The van der Waals surface area contributed by atoms with Gasteiger partial charge in [-0.05, 0) is 81.2 Å². The number of anilines is 2. The Morgan fingerprint density at radius 3 is 2.58 bits per heavy atom. The number of nitrogens with one attached hydrogen (secondary N) is 1. The van der Waals surface area contributed by atoms with Crippen LogP contribution in [-0.2, 0) is 4.74 Å². The van der Waals surface area contributed by atoms with E-state index in [-0.39, 0.29) is 11.9 Å². The number of hydrogen-bond donors (Lipinski definition) is 1. The van der Waals surface area contributed by atoms with Gasteiger partial charge in [-0.25, -0.2) is 13.8 Å². The van der Waals surface area contributed by atoms with Crippen LogP contribution < -0.4 is 10.2 Å². The Bertz CT molecular complexity index is 1710. The molecule has 1 aliphatic rings. The molecule has 1 saturated heterocycles. The van der Waals surface area contributed by atoms with Crippen LogP contribution in [0, 0.1) is 19.3 Å². The molecule has 0 unspecified atom stereocenters. The van der Waals surface area contributed by atoms with Crippen LogP contribution >= 0.6 is 0 Å². The monoisotopic (exact) mass is 584 g/mol. The Hall–Kier alpha value is -4.69. The summed E-state index contributed by atoms with van der Waals surface area (Å²) in [6.07, 6.45) is 8.68. The van der Waals surface area contributed by atoms with Crippen molar-refractivity contribution in [3.05, 3.63) is 77.4 Å². The van der Waals surface area contributed by atoms with Crippen molar-refractivity contribution in [2.75, 3.05) is 36.5 Å². The highest BCUT2D eigenvalue weighted by Gasteiger charge is 2.27. The number of terminal acetylenes is 1. The van der Waals surface area contributed by atoms with Gasteiger partial charge in [0.15, 0.2) is 5.82 Å². The Balaban J connectivity index is 1.57. The SMILES string of the molecule is C#C/C=C\C(CC(C)(C)Nc1nc(N2CCOCC2)nc(-n2c(C(F)F)nc3ccccc32)n1)=C(/C)c1ccnc(C)c1. The fraction of sp³-hybridized carbons (Fsp3) is 0.344. The molecule has 0 atom stereocenters. The van der Waals surface area contributed by atoms with Gasteiger partial charge in [-0.2, -0.15) is 15.0 Å². The lowest BCUT2D eigenvalue weighted by molar-refractivity contribution is 0.122. The van der Waals surface area contributed by atoms with E-state index in [0.717, 1.165) is 22.4 Å². The highest BCUT2D eigenvalue weighted by atomic mass is 19.3. The Morgan fingerprint density at radius 2 is 1.86 bits per heavy atom. The number of morpholine rings is 1. The summed E-state index contributed by atoms with van der Waals surface area (Å²) in [4.78, 5) is 24.5. The molecule has 0 bridgehead atoms. The first kappa shape index (κ1) is 29.8. The molecule has 1 aliphatic heterocycles. The van der Waals surface area contributed by atoms with Crippen LogP contribution in [0.4, 0.5) is 20.7 Å². The fourth-order valence-corrected chi connectivity index (χ4v) is 5.07. The molecule has 4 aromatic rings. The molecule has 0 radical (unpaired) electrons. The highest BCUT2D eigenvalue weighted by molar-refractivity contribution is 5.77. The minimum Gasteiger partial charge on any atom is -0.378 e. The first-order chi connectivity index (χ1) is 20.6. The Morgan fingerprint density at radius 1 is 1.12 bits per heavy atom. The lowest BCUT2D eigenvalue weighted by Gasteiger charge is -2.30. The predicted molar refractivity (Wildman–Crippen MR) is 164 cm³/mol. The summed E-state index contributed by atoms with van der Waals surface area (Å²) in [5, 5.41) is 3.45. The molecule has 1 N–H and O–H groups in total. The molecule has 222 valence electrons. The minimum absolute atomic E-state index is 0.0604. The van der Waals surface area contributed by atoms with E-state index in [1.54, 1.807) is 36.5 Å². The molecular formula is C32H34F2N8O. The highest BCUT2D eigenvalue weighted by Crippen LogP contribution is 2.31. The normalized spacial score (nSPS) is 14.8. The van der Waals surface area contributed by atoms with E-state index in [0.29, 0.717) is 49.7 Å². The summed E-state index contributed by atoms with van der Waals surface area (Å²) in [5.74, 6) is 2.84. The van der Waals surface area contributed by atoms with Crippen LogP contribution in [0.1, 0.15) is 50.7 Å². The third kappa shape index (κ3) is 6.87. The molecular weight excluding hydrogens is 550 g/mol. The van der Waals surface area contributed by atoms with E-state index in [4.69, 9.17) is 16.1 Å². The first-order valence-electron chi connectivity index (χ1n) is 14.0. The second-order valence-corrected chi connectivity index (χ2v) is 11.0. The number of para-hydroxylation sites is 2. The summed E-state index contributed by atoms with van der Waals surface area (Å²) in [7, 11) is 0. The second kappa shape index (κ2) is 12.7. The summed E-state index contributed by atoms with van der Waals surface area (Å²) in [5.41, 5.74) is 4.36. The van der Waals surface area contributed by atoms with Crippen molar-refractivity contribution in [2.24, 2.45) is 0 Å². The van der Waals surface area contributed by atoms with Crippen molar-refractivity contribution in [3.8, 4) is 18.3 Å². The number of ether oxygens (including phenoxy) is 1. The van der Waals surface area contributed by atoms with Gasteiger partial charge in [0.25, 0.3) is 6.43 Å². The molecule has 5 rings (SSSR count). The van der Waals surface area contributed by atoms with Crippen molar-refractivity contribution in [2.45, 2.75) is 46.1 Å². The van der Waals surface area contributed by atoms with Crippen molar-refractivity contribution in [1.29, 1.82) is 0 Å². The Labute approximate surface area is 249 Å². The maximum absolute atomic E-state index is 14.2. The van der Waals surface area contributed by atoms with Crippen molar-refractivity contribution < 1.29 is 13.5 Å². The van der Waals surface area contributed by atoms with Crippen molar-refractivity contribution in [1.82, 2.24) is 29.5 Å².